The van der Waals surface area contributed by atoms with Gasteiger partial charge in [-0.3, -0.25) is 4.79 Å². The second-order valence-electron chi connectivity index (χ2n) is 4.49. The number of halogens is 1. The molecule has 1 saturated heterocycles. The van der Waals surface area contributed by atoms with Crippen LogP contribution in [0.3, 0.4) is 0 Å². The highest BCUT2D eigenvalue weighted by Gasteiger charge is 2.26. The van der Waals surface area contributed by atoms with Crippen molar-refractivity contribution in [1.29, 1.82) is 0 Å². The third kappa shape index (κ3) is 2.31. The first kappa shape index (κ1) is 12.0. The standard InChI is InChI=1S/C13H17FN2O/c1-9-4-3-5-11(12(9)14)13(17)16-7-6-15-8-10(16)2/h3-5,10,15H,6-8H2,1-2H3. The van der Waals surface area contributed by atoms with Gasteiger partial charge in [0.15, 0.2) is 0 Å². The van der Waals surface area contributed by atoms with Crippen molar-refractivity contribution in [2.24, 2.45) is 0 Å². The molecule has 0 spiro atoms. The van der Waals surface area contributed by atoms with Crippen molar-refractivity contribution in [1.82, 2.24) is 10.2 Å². The van der Waals surface area contributed by atoms with Crippen LogP contribution in [-0.2, 0) is 0 Å². The highest BCUT2D eigenvalue weighted by molar-refractivity contribution is 5.95. The number of nitrogens with zero attached hydrogens (tertiary/aromatic N) is 1. The first-order chi connectivity index (χ1) is 8.11. The van der Waals surface area contributed by atoms with E-state index in [1.165, 1.54) is 0 Å². The second-order valence-corrected chi connectivity index (χ2v) is 4.49. The van der Waals surface area contributed by atoms with Crippen LogP contribution in [-0.4, -0.2) is 36.5 Å². The molecule has 1 unspecified atom stereocenters. The average molecular weight is 236 g/mol. The van der Waals surface area contributed by atoms with Crippen LogP contribution >= 0.6 is 0 Å². The number of aryl methyl sites for hydroxylation is 1. The van der Waals surface area contributed by atoms with E-state index >= 15 is 0 Å². The van der Waals surface area contributed by atoms with Gasteiger partial charge in [-0.1, -0.05) is 12.1 Å². The molecular formula is C13H17FN2O. The number of hydrogen-bond acceptors (Lipinski definition) is 2. The molecule has 1 aliphatic rings. The Morgan fingerprint density at radius 2 is 2.29 bits per heavy atom. The van der Waals surface area contributed by atoms with E-state index in [1.54, 1.807) is 30.0 Å². The van der Waals surface area contributed by atoms with Crippen molar-refractivity contribution in [3.05, 3.63) is 35.1 Å². The molecule has 1 heterocycles. The highest BCUT2D eigenvalue weighted by Crippen LogP contribution is 2.16. The predicted molar refractivity (Wildman–Crippen MR) is 64.5 cm³/mol. The lowest BCUT2D eigenvalue weighted by molar-refractivity contribution is 0.0651. The van der Waals surface area contributed by atoms with Gasteiger partial charge in [0.05, 0.1) is 5.56 Å². The number of piperazine rings is 1. The van der Waals surface area contributed by atoms with E-state index in [-0.39, 0.29) is 17.5 Å². The molecule has 1 N–H and O–H groups in total. The lowest BCUT2D eigenvalue weighted by atomic mass is 10.1. The van der Waals surface area contributed by atoms with Crippen LogP contribution in [0, 0.1) is 12.7 Å². The number of hydrogen-bond donors (Lipinski definition) is 1. The van der Waals surface area contributed by atoms with Crippen molar-refractivity contribution in [2.45, 2.75) is 19.9 Å². The summed E-state index contributed by atoms with van der Waals surface area (Å²) in [4.78, 5) is 14.0. The van der Waals surface area contributed by atoms with Crippen molar-refractivity contribution in [2.75, 3.05) is 19.6 Å². The van der Waals surface area contributed by atoms with Crippen molar-refractivity contribution in [3.63, 3.8) is 0 Å². The molecule has 2 rings (SSSR count). The lowest BCUT2D eigenvalue weighted by Gasteiger charge is -2.34. The molecule has 1 fully saturated rings. The largest absolute Gasteiger partial charge is 0.333 e. The van der Waals surface area contributed by atoms with Crippen LogP contribution < -0.4 is 5.32 Å². The van der Waals surface area contributed by atoms with Crippen molar-refractivity contribution < 1.29 is 9.18 Å². The summed E-state index contributed by atoms with van der Waals surface area (Å²) in [5.41, 5.74) is 0.692. The summed E-state index contributed by atoms with van der Waals surface area (Å²) in [6, 6.07) is 5.06. The van der Waals surface area contributed by atoms with Crippen molar-refractivity contribution in [3.8, 4) is 0 Å². The number of rotatable bonds is 1. The number of amides is 1. The maximum atomic E-state index is 13.9. The van der Waals surface area contributed by atoms with Gasteiger partial charge in [-0.15, -0.1) is 0 Å². The molecule has 0 bridgehead atoms. The molecule has 4 heteroatoms. The summed E-state index contributed by atoms with van der Waals surface area (Å²) in [6.45, 7) is 5.81. The predicted octanol–water partition coefficient (Wildman–Crippen LogP) is 1.57. The Hall–Kier alpha value is -1.42. The lowest BCUT2D eigenvalue weighted by Crippen LogP contribution is -2.52. The minimum absolute atomic E-state index is 0.108. The summed E-state index contributed by atoms with van der Waals surface area (Å²) in [5.74, 6) is -0.608. The van der Waals surface area contributed by atoms with Crippen LogP contribution in [0.4, 0.5) is 4.39 Å². The molecule has 0 aliphatic carbocycles. The zero-order valence-corrected chi connectivity index (χ0v) is 10.2. The Labute approximate surface area is 101 Å². The van der Waals surface area contributed by atoms with Gasteiger partial charge in [-0.2, -0.15) is 0 Å². The molecule has 1 aromatic rings. The molecule has 1 amide bonds. The Bertz CT molecular complexity index is 433. The fourth-order valence-electron chi connectivity index (χ4n) is 2.11. The maximum Gasteiger partial charge on any atom is 0.257 e. The number of nitrogens with one attached hydrogen (secondary N) is 1. The highest BCUT2D eigenvalue weighted by atomic mass is 19.1. The van der Waals surface area contributed by atoms with Crippen LogP contribution in [0.5, 0.6) is 0 Å². The van der Waals surface area contributed by atoms with Gasteiger partial charge in [0.2, 0.25) is 0 Å². The Kier molecular flexibility index (Phi) is 3.43. The molecule has 92 valence electrons. The molecule has 1 aliphatic heterocycles. The zero-order chi connectivity index (χ0) is 12.4. The quantitative estimate of drug-likeness (QED) is 0.802. The average Bonchev–Trinajstić information content (AvgIpc) is 2.32. The molecule has 1 atom stereocenters. The summed E-state index contributed by atoms with van der Waals surface area (Å²) >= 11 is 0. The van der Waals surface area contributed by atoms with E-state index in [9.17, 15) is 9.18 Å². The Balaban J connectivity index is 2.27. The SMILES string of the molecule is Cc1cccc(C(=O)N2CCNCC2C)c1F. The van der Waals surface area contributed by atoms with Gasteiger partial charge >= 0.3 is 0 Å². The maximum absolute atomic E-state index is 13.9. The monoisotopic (exact) mass is 236 g/mol. The second kappa shape index (κ2) is 4.84. The van der Waals surface area contributed by atoms with Gasteiger partial charge in [0.1, 0.15) is 5.82 Å². The summed E-state index contributed by atoms with van der Waals surface area (Å²) in [7, 11) is 0. The van der Waals surface area contributed by atoms with Gasteiger partial charge in [-0.25, -0.2) is 4.39 Å². The van der Waals surface area contributed by atoms with E-state index in [2.05, 4.69) is 5.32 Å². The number of carbonyl (C=O) groups is 1. The van der Waals surface area contributed by atoms with Crippen LogP contribution in [0.25, 0.3) is 0 Å². The first-order valence-corrected chi connectivity index (χ1v) is 5.88. The Morgan fingerprint density at radius 1 is 1.53 bits per heavy atom. The summed E-state index contributed by atoms with van der Waals surface area (Å²) in [6.07, 6.45) is 0. The van der Waals surface area contributed by atoms with E-state index < -0.39 is 5.82 Å². The normalized spacial score (nSPS) is 20.4. The van der Waals surface area contributed by atoms with Gasteiger partial charge < -0.3 is 10.2 Å². The third-order valence-corrected chi connectivity index (χ3v) is 3.18. The van der Waals surface area contributed by atoms with Crippen LogP contribution in [0.15, 0.2) is 18.2 Å². The fraction of sp³-hybridized carbons (Fsp3) is 0.462. The zero-order valence-electron chi connectivity index (χ0n) is 10.2. The molecule has 0 radical (unpaired) electrons. The van der Waals surface area contributed by atoms with Gasteiger partial charge in [0, 0.05) is 25.7 Å². The van der Waals surface area contributed by atoms with Crippen molar-refractivity contribution >= 4 is 5.91 Å². The van der Waals surface area contributed by atoms with Gasteiger partial charge in [-0.05, 0) is 25.5 Å². The smallest absolute Gasteiger partial charge is 0.257 e. The van der Waals surface area contributed by atoms with E-state index in [1.807, 2.05) is 6.92 Å². The first-order valence-electron chi connectivity index (χ1n) is 5.88. The minimum atomic E-state index is -0.400. The Morgan fingerprint density at radius 3 is 3.00 bits per heavy atom. The minimum Gasteiger partial charge on any atom is -0.333 e. The van der Waals surface area contributed by atoms with E-state index in [4.69, 9.17) is 0 Å². The van der Waals surface area contributed by atoms with E-state index in [0.717, 1.165) is 13.1 Å². The van der Waals surface area contributed by atoms with Gasteiger partial charge in [0.25, 0.3) is 5.91 Å². The number of carbonyl (C=O) groups excluding carboxylic acids is 1. The topological polar surface area (TPSA) is 32.3 Å². The third-order valence-electron chi connectivity index (χ3n) is 3.18. The van der Waals surface area contributed by atoms with Crippen LogP contribution in [0.2, 0.25) is 0 Å². The molecular weight excluding hydrogens is 219 g/mol. The van der Waals surface area contributed by atoms with E-state index in [0.29, 0.717) is 12.1 Å². The summed E-state index contributed by atoms with van der Waals surface area (Å²) in [5, 5.41) is 3.21. The molecule has 0 saturated carbocycles. The number of benzene rings is 1. The molecule has 0 aromatic heterocycles. The fourth-order valence-corrected chi connectivity index (χ4v) is 2.11. The molecule has 1 aromatic carbocycles. The molecule has 17 heavy (non-hydrogen) atoms. The van der Waals surface area contributed by atoms with Crippen LogP contribution in [0.1, 0.15) is 22.8 Å². The molecule has 3 nitrogen and oxygen atoms in total. The summed E-state index contributed by atoms with van der Waals surface area (Å²) < 4.78 is 13.9.